The van der Waals surface area contributed by atoms with Crippen LogP contribution in [0.2, 0.25) is 0 Å². The molecule has 134 valence electrons. The number of nitrogens with zero attached hydrogens (tertiary/aromatic N) is 4. The summed E-state index contributed by atoms with van der Waals surface area (Å²) >= 11 is 0. The Bertz CT molecular complexity index is 1160. The van der Waals surface area contributed by atoms with Crippen molar-refractivity contribution in [3.8, 4) is 11.3 Å². The Hall–Kier alpha value is -3.34. The first-order valence-electron chi connectivity index (χ1n) is 8.75. The summed E-state index contributed by atoms with van der Waals surface area (Å²) < 4.78 is 15.3. The van der Waals surface area contributed by atoms with Crippen LogP contribution in [0.4, 0.5) is 15.9 Å². The Morgan fingerprint density at radius 3 is 2.37 bits per heavy atom. The summed E-state index contributed by atoms with van der Waals surface area (Å²) in [6, 6.07) is 16.3. The molecule has 27 heavy (non-hydrogen) atoms. The smallest absolute Gasteiger partial charge is 0.187 e. The molecule has 0 atom stereocenters. The van der Waals surface area contributed by atoms with Crippen LogP contribution in [0.25, 0.3) is 16.9 Å². The first-order chi connectivity index (χ1) is 13.0. The highest BCUT2D eigenvalue weighted by atomic mass is 19.1. The van der Waals surface area contributed by atoms with Gasteiger partial charge in [-0.15, -0.1) is 10.2 Å². The van der Waals surface area contributed by atoms with Crippen LogP contribution in [-0.4, -0.2) is 9.38 Å². The van der Waals surface area contributed by atoms with E-state index in [1.165, 1.54) is 12.1 Å². The quantitative estimate of drug-likeness (QED) is 0.386. The molecule has 0 fully saturated rings. The van der Waals surface area contributed by atoms with Crippen LogP contribution in [0, 0.1) is 26.6 Å². The van der Waals surface area contributed by atoms with Crippen LogP contribution in [0.5, 0.6) is 0 Å². The molecule has 2 heterocycles. The number of halogens is 1. The van der Waals surface area contributed by atoms with Gasteiger partial charge in [0, 0.05) is 11.8 Å². The summed E-state index contributed by atoms with van der Waals surface area (Å²) in [5, 5.41) is 9.02. The van der Waals surface area contributed by atoms with Gasteiger partial charge in [-0.05, 0) is 73.9 Å². The molecule has 2 aromatic carbocycles. The lowest BCUT2D eigenvalue weighted by molar-refractivity contribution is 0.628. The third-order valence-corrected chi connectivity index (χ3v) is 4.48. The molecule has 5 heteroatoms. The number of aryl methyl sites for hydroxylation is 3. The van der Waals surface area contributed by atoms with E-state index in [-0.39, 0.29) is 5.82 Å². The zero-order chi connectivity index (χ0) is 19.0. The normalized spacial score (nSPS) is 11.6. The fourth-order valence-electron chi connectivity index (χ4n) is 2.96. The van der Waals surface area contributed by atoms with Crippen molar-refractivity contribution in [2.75, 3.05) is 0 Å². The number of benzene rings is 2. The Morgan fingerprint density at radius 1 is 0.852 bits per heavy atom. The van der Waals surface area contributed by atoms with Crippen molar-refractivity contribution in [1.29, 1.82) is 0 Å². The molecule has 4 nitrogen and oxygen atoms in total. The standard InChI is InChI=1S/C22H19FN4/c1-14-4-6-16(3)19(12-14)25-26-22-21(17-7-9-18(23)10-8-17)24-20-11-5-15(2)13-27(20)22/h4-13H,1-3H3. The summed E-state index contributed by atoms with van der Waals surface area (Å²) in [6.07, 6.45) is 1.98. The fraction of sp³-hybridized carbons (Fsp3) is 0.136. The largest absolute Gasteiger partial charge is 0.282 e. The van der Waals surface area contributed by atoms with Gasteiger partial charge in [0.25, 0.3) is 0 Å². The summed E-state index contributed by atoms with van der Waals surface area (Å²) in [4.78, 5) is 4.69. The van der Waals surface area contributed by atoms with E-state index in [9.17, 15) is 4.39 Å². The summed E-state index contributed by atoms with van der Waals surface area (Å²) in [5.41, 5.74) is 6.34. The summed E-state index contributed by atoms with van der Waals surface area (Å²) in [7, 11) is 0. The maximum absolute atomic E-state index is 13.3. The molecule has 0 saturated carbocycles. The predicted octanol–water partition coefficient (Wildman–Crippen LogP) is 6.48. The number of imidazole rings is 1. The highest BCUT2D eigenvalue weighted by Crippen LogP contribution is 2.33. The third-order valence-electron chi connectivity index (χ3n) is 4.48. The number of fused-ring (bicyclic) bond motifs is 1. The van der Waals surface area contributed by atoms with Crippen LogP contribution in [0.15, 0.2) is 71.0 Å². The fourth-order valence-corrected chi connectivity index (χ4v) is 2.96. The van der Waals surface area contributed by atoms with Crippen molar-refractivity contribution >= 4 is 17.2 Å². The minimum atomic E-state index is -0.281. The van der Waals surface area contributed by atoms with E-state index in [0.29, 0.717) is 11.5 Å². The molecule has 0 aliphatic heterocycles. The van der Waals surface area contributed by atoms with Gasteiger partial charge in [-0.1, -0.05) is 18.2 Å². The molecule has 0 N–H and O–H groups in total. The van der Waals surface area contributed by atoms with Crippen molar-refractivity contribution in [1.82, 2.24) is 9.38 Å². The molecule has 0 saturated heterocycles. The number of rotatable bonds is 3. The second kappa shape index (κ2) is 6.76. The summed E-state index contributed by atoms with van der Waals surface area (Å²) in [5.74, 6) is 0.345. The minimum absolute atomic E-state index is 0.281. The molecule has 0 unspecified atom stereocenters. The lowest BCUT2D eigenvalue weighted by Crippen LogP contribution is -1.85. The Balaban J connectivity index is 1.90. The monoisotopic (exact) mass is 358 g/mol. The molecule has 0 amide bonds. The van der Waals surface area contributed by atoms with E-state index in [1.807, 2.05) is 55.6 Å². The number of hydrogen-bond acceptors (Lipinski definition) is 3. The second-order valence-electron chi connectivity index (χ2n) is 6.72. The molecule has 0 radical (unpaired) electrons. The van der Waals surface area contributed by atoms with Crippen LogP contribution >= 0.6 is 0 Å². The molecule has 0 aliphatic carbocycles. The summed E-state index contributed by atoms with van der Waals surface area (Å²) in [6.45, 7) is 6.05. The lowest BCUT2D eigenvalue weighted by Gasteiger charge is -2.02. The van der Waals surface area contributed by atoms with Gasteiger partial charge in [0.1, 0.15) is 17.2 Å². The van der Waals surface area contributed by atoms with E-state index in [2.05, 4.69) is 16.3 Å². The van der Waals surface area contributed by atoms with E-state index in [1.54, 1.807) is 12.1 Å². The number of aromatic nitrogens is 2. The van der Waals surface area contributed by atoms with Crippen molar-refractivity contribution in [2.45, 2.75) is 20.8 Å². The maximum Gasteiger partial charge on any atom is 0.187 e. The lowest BCUT2D eigenvalue weighted by atomic mass is 10.1. The SMILES string of the molecule is Cc1ccc(C)c(N=Nc2c(-c3ccc(F)cc3)nc3ccc(C)cn23)c1. The van der Waals surface area contributed by atoms with Gasteiger partial charge in [0.15, 0.2) is 5.82 Å². The topological polar surface area (TPSA) is 42.0 Å². The zero-order valence-corrected chi connectivity index (χ0v) is 15.4. The first kappa shape index (κ1) is 17.1. The van der Waals surface area contributed by atoms with Gasteiger partial charge in [-0.2, -0.15) is 0 Å². The van der Waals surface area contributed by atoms with Gasteiger partial charge in [-0.25, -0.2) is 9.37 Å². The Morgan fingerprint density at radius 2 is 1.59 bits per heavy atom. The number of azo groups is 1. The van der Waals surface area contributed by atoms with Gasteiger partial charge in [-0.3, -0.25) is 4.40 Å². The van der Waals surface area contributed by atoms with Gasteiger partial charge in [0.2, 0.25) is 0 Å². The van der Waals surface area contributed by atoms with Crippen molar-refractivity contribution in [2.24, 2.45) is 10.2 Å². The van der Waals surface area contributed by atoms with Crippen LogP contribution < -0.4 is 0 Å². The highest BCUT2D eigenvalue weighted by molar-refractivity contribution is 5.74. The second-order valence-corrected chi connectivity index (χ2v) is 6.72. The van der Waals surface area contributed by atoms with Crippen LogP contribution in [-0.2, 0) is 0 Å². The van der Waals surface area contributed by atoms with E-state index >= 15 is 0 Å². The van der Waals surface area contributed by atoms with E-state index in [4.69, 9.17) is 4.98 Å². The van der Waals surface area contributed by atoms with Gasteiger partial charge in [0.05, 0.1) is 5.69 Å². The average molecular weight is 358 g/mol. The number of hydrogen-bond donors (Lipinski definition) is 0. The zero-order valence-electron chi connectivity index (χ0n) is 15.4. The molecule has 0 spiro atoms. The highest BCUT2D eigenvalue weighted by Gasteiger charge is 2.14. The molecule has 4 aromatic rings. The maximum atomic E-state index is 13.3. The predicted molar refractivity (Wildman–Crippen MR) is 105 cm³/mol. The first-order valence-corrected chi connectivity index (χ1v) is 8.75. The molecule has 2 aromatic heterocycles. The molecule has 4 rings (SSSR count). The van der Waals surface area contributed by atoms with Crippen LogP contribution in [0.3, 0.4) is 0 Å². The molecule has 0 aliphatic rings. The molecule has 0 bridgehead atoms. The van der Waals surface area contributed by atoms with Crippen molar-refractivity contribution in [3.63, 3.8) is 0 Å². The Kier molecular flexibility index (Phi) is 4.28. The van der Waals surface area contributed by atoms with Gasteiger partial charge >= 0.3 is 0 Å². The van der Waals surface area contributed by atoms with E-state index in [0.717, 1.165) is 33.6 Å². The average Bonchev–Trinajstić information content (AvgIpc) is 3.01. The van der Waals surface area contributed by atoms with Gasteiger partial charge < -0.3 is 0 Å². The number of pyridine rings is 1. The van der Waals surface area contributed by atoms with E-state index < -0.39 is 0 Å². The Labute approximate surface area is 157 Å². The third kappa shape index (κ3) is 3.36. The molecular weight excluding hydrogens is 339 g/mol. The minimum Gasteiger partial charge on any atom is -0.282 e. The van der Waals surface area contributed by atoms with Crippen molar-refractivity contribution < 1.29 is 4.39 Å². The van der Waals surface area contributed by atoms with Crippen molar-refractivity contribution in [3.05, 3.63) is 83.3 Å². The molecular formula is C22H19FN4. The van der Waals surface area contributed by atoms with Crippen LogP contribution in [0.1, 0.15) is 16.7 Å².